The highest BCUT2D eigenvalue weighted by atomic mass is 16.5. The Morgan fingerprint density at radius 3 is 2.96 bits per heavy atom. The Morgan fingerprint density at radius 1 is 1.43 bits per heavy atom. The van der Waals surface area contributed by atoms with Gasteiger partial charge in [-0.15, -0.1) is 0 Å². The Bertz CT molecular complexity index is 617. The van der Waals surface area contributed by atoms with Crippen molar-refractivity contribution in [1.82, 2.24) is 14.4 Å². The maximum atomic E-state index is 12.8. The van der Waals surface area contributed by atoms with E-state index in [-0.39, 0.29) is 11.9 Å². The van der Waals surface area contributed by atoms with Crippen molar-refractivity contribution in [2.45, 2.75) is 31.8 Å². The number of aryl methyl sites for hydroxylation is 1. The van der Waals surface area contributed by atoms with Gasteiger partial charge in [-0.25, -0.2) is 0 Å². The van der Waals surface area contributed by atoms with Crippen LogP contribution in [0.4, 0.5) is 0 Å². The van der Waals surface area contributed by atoms with Gasteiger partial charge in [0.2, 0.25) is 0 Å². The molecule has 2 aliphatic rings. The van der Waals surface area contributed by atoms with E-state index in [4.69, 9.17) is 10.00 Å². The van der Waals surface area contributed by atoms with Crippen molar-refractivity contribution in [3.63, 3.8) is 0 Å². The van der Waals surface area contributed by atoms with Crippen LogP contribution in [0.5, 0.6) is 0 Å². The summed E-state index contributed by atoms with van der Waals surface area (Å²) in [5.74, 6) is 0.00580. The predicted octanol–water partition coefficient (Wildman–Crippen LogP) is 1.22. The molecule has 0 unspecified atom stereocenters. The molecule has 0 aliphatic carbocycles. The summed E-state index contributed by atoms with van der Waals surface area (Å²) >= 11 is 0. The number of fused-ring (bicyclic) bond motifs is 1. The number of rotatable bonds is 3. The van der Waals surface area contributed by atoms with E-state index >= 15 is 0 Å². The molecule has 2 fully saturated rings. The van der Waals surface area contributed by atoms with Gasteiger partial charge >= 0.3 is 0 Å². The van der Waals surface area contributed by atoms with Gasteiger partial charge in [0, 0.05) is 38.9 Å². The van der Waals surface area contributed by atoms with Gasteiger partial charge < -0.3 is 14.2 Å². The molecule has 2 aliphatic heterocycles. The molecule has 124 valence electrons. The van der Waals surface area contributed by atoms with E-state index in [1.165, 1.54) is 0 Å². The molecule has 0 bridgehead atoms. The quantitative estimate of drug-likeness (QED) is 0.841. The first-order valence-corrected chi connectivity index (χ1v) is 8.33. The summed E-state index contributed by atoms with van der Waals surface area (Å²) in [7, 11) is 1.81. The molecule has 2 atom stereocenters. The lowest BCUT2D eigenvalue weighted by molar-refractivity contribution is -0.0777. The molecule has 3 rings (SSSR count). The van der Waals surface area contributed by atoms with Crippen molar-refractivity contribution in [3.05, 3.63) is 23.5 Å². The highest BCUT2D eigenvalue weighted by Crippen LogP contribution is 2.22. The topological polar surface area (TPSA) is 61.5 Å². The van der Waals surface area contributed by atoms with Gasteiger partial charge in [-0.3, -0.25) is 9.69 Å². The minimum atomic E-state index is 0.00580. The van der Waals surface area contributed by atoms with E-state index in [9.17, 15) is 4.79 Å². The summed E-state index contributed by atoms with van der Waals surface area (Å²) in [6, 6.07) is 4.53. The highest BCUT2D eigenvalue weighted by molar-refractivity contribution is 5.93. The van der Waals surface area contributed by atoms with Gasteiger partial charge in [-0.1, -0.05) is 13.3 Å². The number of nitrogens with zero attached hydrogens (tertiary/aromatic N) is 4. The van der Waals surface area contributed by atoms with E-state index in [1.807, 2.05) is 11.9 Å². The second-order valence-electron chi connectivity index (χ2n) is 6.46. The number of piperazine rings is 1. The second kappa shape index (κ2) is 6.73. The van der Waals surface area contributed by atoms with E-state index in [1.54, 1.807) is 16.8 Å². The Balaban J connectivity index is 1.70. The number of hydrogen-bond donors (Lipinski definition) is 0. The summed E-state index contributed by atoms with van der Waals surface area (Å²) in [6.45, 7) is 6.04. The van der Waals surface area contributed by atoms with Crippen molar-refractivity contribution in [2.75, 3.05) is 32.8 Å². The van der Waals surface area contributed by atoms with Crippen LogP contribution in [0.2, 0.25) is 0 Å². The van der Waals surface area contributed by atoms with E-state index in [2.05, 4.69) is 17.9 Å². The van der Waals surface area contributed by atoms with Crippen LogP contribution in [-0.4, -0.2) is 65.2 Å². The Hall–Kier alpha value is -1.84. The van der Waals surface area contributed by atoms with Crippen LogP contribution in [0, 0.1) is 11.3 Å². The van der Waals surface area contributed by atoms with Crippen LogP contribution in [0.3, 0.4) is 0 Å². The molecule has 0 N–H and O–H groups in total. The van der Waals surface area contributed by atoms with Gasteiger partial charge in [-0.2, -0.15) is 5.26 Å². The minimum absolute atomic E-state index is 0.00580. The van der Waals surface area contributed by atoms with Crippen molar-refractivity contribution < 1.29 is 9.53 Å². The number of carbonyl (C=O) groups excluding carboxylic acids is 1. The first-order valence-electron chi connectivity index (χ1n) is 8.33. The number of hydrogen-bond acceptors (Lipinski definition) is 4. The first kappa shape index (κ1) is 16.0. The lowest BCUT2D eigenvalue weighted by atomic mass is 10.0. The molecule has 1 aromatic rings. The first-order chi connectivity index (χ1) is 11.1. The van der Waals surface area contributed by atoms with Crippen LogP contribution < -0.4 is 0 Å². The maximum absolute atomic E-state index is 12.8. The molecular weight excluding hydrogens is 292 g/mol. The molecule has 0 saturated carbocycles. The molecule has 0 spiro atoms. The summed E-state index contributed by atoms with van der Waals surface area (Å²) in [5.41, 5.74) is 1.11. The lowest BCUT2D eigenvalue weighted by Crippen LogP contribution is -2.62. The average molecular weight is 316 g/mol. The largest absolute Gasteiger partial charge is 0.378 e. The van der Waals surface area contributed by atoms with E-state index in [0.717, 1.165) is 32.5 Å². The van der Waals surface area contributed by atoms with Crippen LogP contribution in [-0.2, 0) is 11.8 Å². The Kier molecular flexibility index (Phi) is 4.69. The number of amides is 1. The van der Waals surface area contributed by atoms with Gasteiger partial charge in [-0.05, 0) is 12.5 Å². The lowest BCUT2D eigenvalue weighted by Gasteiger charge is -2.48. The van der Waals surface area contributed by atoms with Gasteiger partial charge in [0.25, 0.3) is 5.91 Å². The molecule has 1 amide bonds. The SMILES string of the molecule is CCC[C@H]1COC[C@H]2CN(C(=O)c3cc(C#N)cn3C)CCN12. The fraction of sp³-hybridized carbons (Fsp3) is 0.647. The van der Waals surface area contributed by atoms with Gasteiger partial charge in [0.1, 0.15) is 11.8 Å². The third-order valence-electron chi connectivity index (χ3n) is 4.88. The average Bonchev–Trinajstić information content (AvgIpc) is 2.95. The van der Waals surface area contributed by atoms with Gasteiger partial charge in [0.15, 0.2) is 0 Å². The zero-order chi connectivity index (χ0) is 16.4. The third kappa shape index (κ3) is 3.12. The second-order valence-corrected chi connectivity index (χ2v) is 6.46. The summed E-state index contributed by atoms with van der Waals surface area (Å²) in [4.78, 5) is 17.2. The number of ether oxygens (including phenoxy) is 1. The number of carbonyl (C=O) groups is 1. The summed E-state index contributed by atoms with van der Waals surface area (Å²) < 4.78 is 7.50. The number of nitriles is 1. The van der Waals surface area contributed by atoms with Crippen LogP contribution in [0.15, 0.2) is 12.3 Å². The fourth-order valence-corrected chi connectivity index (χ4v) is 3.70. The highest BCUT2D eigenvalue weighted by Gasteiger charge is 2.37. The zero-order valence-electron chi connectivity index (χ0n) is 13.9. The van der Waals surface area contributed by atoms with E-state index < -0.39 is 0 Å². The summed E-state index contributed by atoms with van der Waals surface area (Å²) in [5, 5.41) is 8.99. The monoisotopic (exact) mass is 316 g/mol. The van der Waals surface area contributed by atoms with Crippen molar-refractivity contribution in [2.24, 2.45) is 7.05 Å². The third-order valence-corrected chi connectivity index (χ3v) is 4.88. The zero-order valence-corrected chi connectivity index (χ0v) is 13.9. The fourth-order valence-electron chi connectivity index (χ4n) is 3.70. The molecule has 2 saturated heterocycles. The molecule has 0 radical (unpaired) electrons. The normalized spacial score (nSPS) is 25.0. The van der Waals surface area contributed by atoms with Crippen molar-refractivity contribution in [3.8, 4) is 6.07 Å². The standard InChI is InChI=1S/C17H24N4O2/c1-3-4-14-11-23-12-15-10-20(5-6-21(14)15)17(22)16-7-13(8-18)9-19(16)2/h7,9,14-15H,3-6,10-12H2,1-2H3/t14-,15+/m0/s1. The molecule has 23 heavy (non-hydrogen) atoms. The minimum Gasteiger partial charge on any atom is -0.378 e. The molecule has 1 aromatic heterocycles. The smallest absolute Gasteiger partial charge is 0.270 e. The van der Waals surface area contributed by atoms with Gasteiger partial charge in [0.05, 0.1) is 24.8 Å². The van der Waals surface area contributed by atoms with Crippen molar-refractivity contribution >= 4 is 5.91 Å². The van der Waals surface area contributed by atoms with Crippen LogP contribution in [0.1, 0.15) is 35.8 Å². The number of morpholine rings is 1. The van der Waals surface area contributed by atoms with Crippen molar-refractivity contribution in [1.29, 1.82) is 5.26 Å². The number of aromatic nitrogens is 1. The Labute approximate surface area is 137 Å². The molecule has 6 nitrogen and oxygen atoms in total. The van der Waals surface area contributed by atoms with Crippen LogP contribution >= 0.6 is 0 Å². The Morgan fingerprint density at radius 2 is 2.26 bits per heavy atom. The molecule has 3 heterocycles. The summed E-state index contributed by atoms with van der Waals surface area (Å²) in [6.07, 6.45) is 4.00. The molecule has 0 aromatic carbocycles. The molecule has 6 heteroatoms. The molecular formula is C17H24N4O2. The maximum Gasteiger partial charge on any atom is 0.270 e. The predicted molar refractivity (Wildman–Crippen MR) is 86.0 cm³/mol. The van der Waals surface area contributed by atoms with E-state index in [0.29, 0.717) is 30.5 Å². The van der Waals surface area contributed by atoms with Crippen LogP contribution in [0.25, 0.3) is 0 Å².